The molecule has 0 fully saturated rings. The van der Waals surface area contributed by atoms with E-state index in [2.05, 4.69) is 5.32 Å². The molecule has 3 rings (SSSR count). The molecule has 0 heterocycles. The number of nitrogens with one attached hydrogen (secondary N) is 1. The summed E-state index contributed by atoms with van der Waals surface area (Å²) in [6, 6.07) is 6.25. The Morgan fingerprint density at radius 1 is 1.24 bits per heavy atom. The first-order chi connectivity index (χ1) is 11.8. The number of ether oxygens (including phenoxy) is 1. The van der Waals surface area contributed by atoms with Crippen LogP contribution in [-0.4, -0.2) is 18.3 Å². The molecular formula is C19H17F2NO3. The van der Waals surface area contributed by atoms with E-state index in [1.165, 1.54) is 0 Å². The molecule has 25 heavy (non-hydrogen) atoms. The highest BCUT2D eigenvalue weighted by atomic mass is 19.1. The van der Waals surface area contributed by atoms with Gasteiger partial charge in [-0.15, -0.1) is 0 Å². The van der Waals surface area contributed by atoms with Crippen LogP contribution in [0.1, 0.15) is 40.7 Å². The van der Waals surface area contributed by atoms with Gasteiger partial charge in [0, 0.05) is 18.2 Å². The molecule has 1 amide bonds. The van der Waals surface area contributed by atoms with Crippen molar-refractivity contribution in [3.05, 3.63) is 58.7 Å². The molecular weight excluding hydrogens is 328 g/mol. The summed E-state index contributed by atoms with van der Waals surface area (Å²) in [6.07, 6.45) is 0.422. The molecule has 0 saturated heterocycles. The molecule has 1 aliphatic rings. The van der Waals surface area contributed by atoms with Crippen LogP contribution in [0.25, 0.3) is 0 Å². The van der Waals surface area contributed by atoms with E-state index in [-0.39, 0.29) is 24.0 Å². The molecule has 130 valence electrons. The molecule has 2 aromatic carbocycles. The molecule has 6 heteroatoms. The minimum absolute atomic E-state index is 0.00457. The molecule has 0 radical (unpaired) electrons. The number of halogens is 2. The number of benzene rings is 2. The fourth-order valence-electron chi connectivity index (χ4n) is 3.20. The number of hydrogen-bond donors (Lipinski definition) is 1. The number of rotatable bonds is 4. The van der Waals surface area contributed by atoms with Crippen molar-refractivity contribution in [1.82, 2.24) is 0 Å². The van der Waals surface area contributed by atoms with Crippen LogP contribution in [0.5, 0.6) is 5.75 Å². The summed E-state index contributed by atoms with van der Waals surface area (Å²) in [5.41, 5.74) is 2.50. The topological polar surface area (TPSA) is 55.4 Å². The maximum atomic E-state index is 13.1. The average molecular weight is 345 g/mol. The van der Waals surface area contributed by atoms with E-state index < -0.39 is 17.5 Å². The average Bonchev–Trinajstić information content (AvgIpc) is 2.81. The molecule has 2 aromatic rings. The first-order valence-corrected chi connectivity index (χ1v) is 7.90. The lowest BCUT2D eigenvalue weighted by molar-refractivity contribution is -0.118. The number of Topliss-reactive ketones (excluding diaryl/α,β-unsaturated/α-hetero) is 1. The van der Waals surface area contributed by atoms with Gasteiger partial charge in [0.1, 0.15) is 17.4 Å². The van der Waals surface area contributed by atoms with Crippen LogP contribution in [0.2, 0.25) is 0 Å². The number of hydrogen-bond acceptors (Lipinski definition) is 3. The second-order valence-electron chi connectivity index (χ2n) is 6.19. The lowest BCUT2D eigenvalue weighted by Gasteiger charge is -2.13. The summed E-state index contributed by atoms with van der Waals surface area (Å²) < 4.78 is 31.8. The summed E-state index contributed by atoms with van der Waals surface area (Å²) in [5, 5.41) is 2.36. The van der Waals surface area contributed by atoms with E-state index in [1.807, 2.05) is 19.9 Å². The van der Waals surface area contributed by atoms with Gasteiger partial charge in [0.2, 0.25) is 0 Å². The fourth-order valence-corrected chi connectivity index (χ4v) is 3.20. The molecule has 0 aliphatic heterocycles. The quantitative estimate of drug-likeness (QED) is 0.912. The van der Waals surface area contributed by atoms with E-state index in [9.17, 15) is 18.4 Å². The van der Waals surface area contributed by atoms with Crippen molar-refractivity contribution in [1.29, 1.82) is 0 Å². The number of carbonyl (C=O) groups is 2. The van der Waals surface area contributed by atoms with Crippen molar-refractivity contribution in [2.75, 3.05) is 11.9 Å². The molecule has 1 N–H and O–H groups in total. The normalized spacial score (nSPS) is 15.8. The highest BCUT2D eigenvalue weighted by molar-refractivity contribution is 6.04. The summed E-state index contributed by atoms with van der Waals surface area (Å²) >= 11 is 0. The van der Waals surface area contributed by atoms with Crippen molar-refractivity contribution in [2.45, 2.75) is 26.2 Å². The highest BCUT2D eigenvalue weighted by Gasteiger charge is 2.31. The van der Waals surface area contributed by atoms with Crippen LogP contribution in [0, 0.1) is 18.6 Å². The third-order valence-electron chi connectivity index (χ3n) is 4.19. The molecule has 0 aromatic heterocycles. The number of anilines is 1. The van der Waals surface area contributed by atoms with Gasteiger partial charge >= 0.3 is 0 Å². The van der Waals surface area contributed by atoms with Crippen molar-refractivity contribution < 1.29 is 23.1 Å². The zero-order valence-electron chi connectivity index (χ0n) is 13.9. The molecule has 1 atom stereocenters. The second-order valence-corrected chi connectivity index (χ2v) is 6.19. The van der Waals surface area contributed by atoms with E-state index in [4.69, 9.17) is 4.74 Å². The second kappa shape index (κ2) is 6.63. The lowest BCUT2D eigenvalue weighted by Crippen LogP contribution is -2.21. The summed E-state index contributed by atoms with van der Waals surface area (Å²) in [4.78, 5) is 24.2. The predicted molar refractivity (Wildman–Crippen MR) is 89.0 cm³/mol. The number of aryl methyl sites for hydroxylation is 1. The van der Waals surface area contributed by atoms with Gasteiger partial charge in [-0.05, 0) is 42.2 Å². The molecule has 4 nitrogen and oxygen atoms in total. The maximum absolute atomic E-state index is 13.1. The summed E-state index contributed by atoms with van der Waals surface area (Å²) in [5.74, 6) is -1.67. The highest BCUT2D eigenvalue weighted by Crippen LogP contribution is 2.40. The Morgan fingerprint density at radius 2 is 1.92 bits per heavy atom. The number of carbonyl (C=O) groups excluding carboxylic acids is 2. The van der Waals surface area contributed by atoms with Crippen LogP contribution in [-0.2, 0) is 4.79 Å². The molecule has 0 saturated carbocycles. The minimum atomic E-state index is -0.785. The lowest BCUT2D eigenvalue weighted by atomic mass is 9.97. The smallest absolute Gasteiger partial charge is 0.262 e. The Kier molecular flexibility index (Phi) is 4.53. The van der Waals surface area contributed by atoms with Gasteiger partial charge < -0.3 is 10.1 Å². The third kappa shape index (κ3) is 3.52. The predicted octanol–water partition coefficient (Wildman–Crippen LogP) is 3.98. The molecule has 0 bridgehead atoms. The number of ketones is 1. The first-order valence-electron chi connectivity index (χ1n) is 7.90. The van der Waals surface area contributed by atoms with Crippen molar-refractivity contribution in [3.8, 4) is 5.75 Å². The van der Waals surface area contributed by atoms with Crippen molar-refractivity contribution in [2.24, 2.45) is 0 Å². The molecule has 0 spiro atoms. The molecule has 1 aliphatic carbocycles. The fraction of sp³-hybridized carbons (Fsp3) is 0.263. The Balaban J connectivity index is 1.72. The Hall–Kier alpha value is -2.76. The van der Waals surface area contributed by atoms with Crippen molar-refractivity contribution in [3.63, 3.8) is 0 Å². The monoisotopic (exact) mass is 345 g/mol. The Labute approximate surface area is 143 Å². The van der Waals surface area contributed by atoms with E-state index in [0.29, 0.717) is 23.8 Å². The minimum Gasteiger partial charge on any atom is -0.483 e. The van der Waals surface area contributed by atoms with Gasteiger partial charge in [-0.3, -0.25) is 9.59 Å². The van der Waals surface area contributed by atoms with Gasteiger partial charge in [0.15, 0.2) is 12.4 Å². The number of fused-ring (bicyclic) bond motifs is 1. The largest absolute Gasteiger partial charge is 0.483 e. The van der Waals surface area contributed by atoms with Gasteiger partial charge in [-0.1, -0.05) is 13.0 Å². The maximum Gasteiger partial charge on any atom is 0.262 e. The summed E-state index contributed by atoms with van der Waals surface area (Å²) in [6.45, 7) is 3.55. The van der Waals surface area contributed by atoms with Crippen LogP contribution >= 0.6 is 0 Å². The molecule has 0 unspecified atom stereocenters. The van der Waals surface area contributed by atoms with Gasteiger partial charge in [0.25, 0.3) is 5.91 Å². The van der Waals surface area contributed by atoms with Gasteiger partial charge in [-0.2, -0.15) is 0 Å². The van der Waals surface area contributed by atoms with Gasteiger partial charge in [-0.25, -0.2) is 8.78 Å². The van der Waals surface area contributed by atoms with E-state index >= 15 is 0 Å². The third-order valence-corrected chi connectivity index (χ3v) is 4.19. The van der Waals surface area contributed by atoms with Gasteiger partial charge in [0.05, 0.1) is 5.56 Å². The Bertz CT molecular complexity index is 844. The standard InChI is InChI=1S/C19H17F2NO3/c1-10-3-4-16(19-15(23)5-11(2)18(10)19)25-9-17(24)22-14-7-12(20)6-13(21)8-14/h3-4,6-8,11H,5,9H2,1-2H3,(H,22,24)/t11-/m0/s1. The van der Waals surface area contributed by atoms with Crippen LogP contribution in [0.15, 0.2) is 30.3 Å². The zero-order valence-corrected chi connectivity index (χ0v) is 13.9. The number of amides is 1. The van der Waals surface area contributed by atoms with Crippen LogP contribution in [0.3, 0.4) is 0 Å². The van der Waals surface area contributed by atoms with E-state index in [0.717, 1.165) is 23.3 Å². The summed E-state index contributed by atoms with van der Waals surface area (Å²) in [7, 11) is 0. The SMILES string of the molecule is Cc1ccc(OCC(=O)Nc2cc(F)cc(F)c2)c2c1[C@@H](C)CC2=O. The van der Waals surface area contributed by atoms with E-state index in [1.54, 1.807) is 6.07 Å². The Morgan fingerprint density at radius 3 is 2.60 bits per heavy atom. The van der Waals surface area contributed by atoms with Crippen LogP contribution in [0.4, 0.5) is 14.5 Å². The first kappa shape index (κ1) is 17.1. The zero-order chi connectivity index (χ0) is 18.1. The van der Waals surface area contributed by atoms with Crippen molar-refractivity contribution >= 4 is 17.4 Å². The van der Waals surface area contributed by atoms with Crippen LogP contribution < -0.4 is 10.1 Å².